The molecule has 2 rings (SSSR count). The monoisotopic (exact) mass is 376 g/mol. The van der Waals surface area contributed by atoms with Crippen LogP contribution < -0.4 is 10.0 Å². The van der Waals surface area contributed by atoms with E-state index in [1.54, 1.807) is 12.1 Å². The predicted molar refractivity (Wildman–Crippen MR) is 102 cm³/mol. The van der Waals surface area contributed by atoms with Crippen LogP contribution in [0.1, 0.15) is 28.4 Å². The Hall–Kier alpha value is -2.22. The molecule has 0 aliphatic heterocycles. The van der Waals surface area contributed by atoms with Gasteiger partial charge in [0.05, 0.1) is 11.5 Å². The van der Waals surface area contributed by atoms with Gasteiger partial charge in [0.15, 0.2) is 0 Å². The fourth-order valence-corrected chi connectivity index (χ4v) is 3.61. The van der Waals surface area contributed by atoms with Gasteiger partial charge in [0.25, 0.3) is 5.91 Å². The lowest BCUT2D eigenvalue weighted by Gasteiger charge is -2.13. The first-order chi connectivity index (χ1) is 12.4. The summed E-state index contributed by atoms with van der Waals surface area (Å²) in [6.45, 7) is 4.38. The lowest BCUT2D eigenvalue weighted by atomic mass is 10.1. The summed E-state index contributed by atoms with van der Waals surface area (Å²) in [6, 6.07) is 11.8. The van der Waals surface area contributed by atoms with E-state index in [9.17, 15) is 13.2 Å². The Morgan fingerprint density at radius 1 is 1.15 bits per heavy atom. The number of hydrogen-bond acceptors (Lipinski definition) is 4. The van der Waals surface area contributed by atoms with Crippen LogP contribution in [0.25, 0.3) is 0 Å². The Bertz CT molecular complexity index is 879. The summed E-state index contributed by atoms with van der Waals surface area (Å²) >= 11 is 0. The van der Waals surface area contributed by atoms with Crippen molar-refractivity contribution in [3.8, 4) is 0 Å². The van der Waals surface area contributed by atoms with Crippen LogP contribution in [0.4, 0.5) is 5.69 Å². The highest BCUT2D eigenvalue weighted by atomic mass is 32.2. The minimum absolute atomic E-state index is 0.0433. The molecule has 0 spiro atoms. The van der Waals surface area contributed by atoms with Crippen LogP contribution in [0.5, 0.6) is 0 Å². The summed E-state index contributed by atoms with van der Waals surface area (Å²) in [4.78, 5) is 12.7. The molecule has 0 bridgehead atoms. The van der Waals surface area contributed by atoms with Crippen molar-refractivity contribution in [1.29, 1.82) is 0 Å². The Morgan fingerprint density at radius 2 is 1.88 bits per heavy atom. The Morgan fingerprint density at radius 3 is 2.58 bits per heavy atom. The molecule has 26 heavy (non-hydrogen) atoms. The highest BCUT2D eigenvalue weighted by Crippen LogP contribution is 2.22. The van der Waals surface area contributed by atoms with Crippen molar-refractivity contribution in [3.05, 3.63) is 59.2 Å². The number of ether oxygens (including phenoxy) is 1. The molecule has 2 aromatic carbocycles. The average Bonchev–Trinajstić information content (AvgIpc) is 2.63. The predicted octanol–water partition coefficient (Wildman–Crippen LogP) is 2.73. The first-order valence-electron chi connectivity index (χ1n) is 8.37. The second kappa shape index (κ2) is 8.93. The van der Waals surface area contributed by atoms with Gasteiger partial charge in [-0.3, -0.25) is 4.79 Å². The number of para-hydroxylation sites is 1. The summed E-state index contributed by atoms with van der Waals surface area (Å²) in [5, 5.41) is 2.90. The maximum absolute atomic E-state index is 12.6. The number of carbonyl (C=O) groups is 1. The van der Waals surface area contributed by atoms with E-state index in [4.69, 9.17) is 4.74 Å². The second-order valence-corrected chi connectivity index (χ2v) is 7.60. The van der Waals surface area contributed by atoms with Gasteiger partial charge in [-0.15, -0.1) is 0 Å². The number of benzene rings is 2. The molecular weight excluding hydrogens is 352 g/mol. The Labute approximate surface area is 154 Å². The fraction of sp³-hybridized carbons (Fsp3) is 0.316. The molecular formula is C19H24N2O4S. The quantitative estimate of drug-likeness (QED) is 0.694. The van der Waals surface area contributed by atoms with E-state index in [1.165, 1.54) is 19.2 Å². The Balaban J connectivity index is 2.24. The van der Waals surface area contributed by atoms with Gasteiger partial charge in [-0.1, -0.05) is 31.2 Å². The van der Waals surface area contributed by atoms with Gasteiger partial charge in [-0.2, -0.15) is 0 Å². The maximum Gasteiger partial charge on any atom is 0.255 e. The van der Waals surface area contributed by atoms with Gasteiger partial charge in [0, 0.05) is 24.9 Å². The molecule has 0 aliphatic carbocycles. The topological polar surface area (TPSA) is 84.5 Å². The molecule has 2 aromatic rings. The molecule has 0 aliphatic rings. The molecule has 1 amide bonds. The summed E-state index contributed by atoms with van der Waals surface area (Å²) in [6.07, 6.45) is 0.787. The smallest absolute Gasteiger partial charge is 0.255 e. The van der Waals surface area contributed by atoms with Crippen molar-refractivity contribution in [3.63, 3.8) is 0 Å². The van der Waals surface area contributed by atoms with Crippen molar-refractivity contribution < 1.29 is 17.9 Å². The van der Waals surface area contributed by atoms with Crippen LogP contribution in [0.15, 0.2) is 47.4 Å². The van der Waals surface area contributed by atoms with E-state index < -0.39 is 10.0 Å². The first kappa shape index (κ1) is 20.1. The van der Waals surface area contributed by atoms with E-state index in [-0.39, 0.29) is 29.5 Å². The van der Waals surface area contributed by atoms with Crippen molar-refractivity contribution >= 4 is 21.6 Å². The number of anilines is 1. The van der Waals surface area contributed by atoms with Crippen LogP contribution >= 0.6 is 0 Å². The standard InChI is InChI=1S/C19H24N2O4S/c1-4-15-8-5-7-14(2)18(15)21-19(22)16-9-6-10-17(13-16)26(23,24)20-11-12-25-3/h5-10,13,20H,4,11-12H2,1-3H3,(H,21,22). The van der Waals surface area contributed by atoms with Crippen LogP contribution in [0.2, 0.25) is 0 Å². The Kier molecular flexibility index (Phi) is 6.90. The third-order valence-electron chi connectivity index (χ3n) is 3.98. The molecule has 7 heteroatoms. The van der Waals surface area contributed by atoms with Gasteiger partial charge in [0.2, 0.25) is 10.0 Å². The van der Waals surface area contributed by atoms with Gasteiger partial charge in [0.1, 0.15) is 0 Å². The molecule has 6 nitrogen and oxygen atoms in total. The van der Waals surface area contributed by atoms with E-state index in [0.29, 0.717) is 0 Å². The zero-order chi connectivity index (χ0) is 19.2. The average molecular weight is 376 g/mol. The number of rotatable bonds is 8. The molecule has 0 aromatic heterocycles. The van der Waals surface area contributed by atoms with Gasteiger partial charge < -0.3 is 10.1 Å². The molecule has 0 heterocycles. The highest BCUT2D eigenvalue weighted by Gasteiger charge is 2.17. The highest BCUT2D eigenvalue weighted by molar-refractivity contribution is 7.89. The van der Waals surface area contributed by atoms with Crippen molar-refractivity contribution in [1.82, 2.24) is 4.72 Å². The maximum atomic E-state index is 12.6. The van der Waals surface area contributed by atoms with Crippen LogP contribution in [0, 0.1) is 6.92 Å². The van der Waals surface area contributed by atoms with E-state index in [2.05, 4.69) is 10.0 Å². The SMILES string of the molecule is CCc1cccc(C)c1NC(=O)c1cccc(S(=O)(=O)NCCOC)c1. The van der Waals surface area contributed by atoms with E-state index in [1.807, 2.05) is 32.0 Å². The summed E-state index contributed by atoms with van der Waals surface area (Å²) in [5.41, 5.74) is 3.04. The normalized spacial score (nSPS) is 11.3. The molecule has 0 unspecified atom stereocenters. The molecule has 0 saturated carbocycles. The molecule has 0 atom stereocenters. The summed E-state index contributed by atoms with van der Waals surface area (Å²) in [5.74, 6) is -0.344. The molecule has 0 saturated heterocycles. The van der Waals surface area contributed by atoms with Gasteiger partial charge in [-0.05, 0) is 42.7 Å². The van der Waals surface area contributed by atoms with Crippen LogP contribution in [-0.2, 0) is 21.2 Å². The number of methoxy groups -OCH3 is 1. The van der Waals surface area contributed by atoms with Gasteiger partial charge in [-0.25, -0.2) is 13.1 Å². The van der Waals surface area contributed by atoms with Crippen LogP contribution in [0.3, 0.4) is 0 Å². The lowest BCUT2D eigenvalue weighted by Crippen LogP contribution is -2.27. The summed E-state index contributed by atoms with van der Waals surface area (Å²) in [7, 11) is -2.20. The summed E-state index contributed by atoms with van der Waals surface area (Å²) < 4.78 is 31.9. The number of nitrogens with one attached hydrogen (secondary N) is 2. The van der Waals surface area contributed by atoms with E-state index >= 15 is 0 Å². The lowest BCUT2D eigenvalue weighted by molar-refractivity contribution is 0.102. The van der Waals surface area contributed by atoms with Crippen molar-refractivity contribution in [2.75, 3.05) is 25.6 Å². The largest absolute Gasteiger partial charge is 0.383 e. The number of hydrogen-bond donors (Lipinski definition) is 2. The van der Waals surface area contributed by atoms with Crippen LogP contribution in [-0.4, -0.2) is 34.6 Å². The minimum atomic E-state index is -3.69. The van der Waals surface area contributed by atoms with Crippen molar-refractivity contribution in [2.45, 2.75) is 25.2 Å². The van der Waals surface area contributed by atoms with E-state index in [0.717, 1.165) is 23.2 Å². The number of aryl methyl sites for hydroxylation is 2. The third-order valence-corrected chi connectivity index (χ3v) is 5.44. The molecule has 2 N–H and O–H groups in total. The number of sulfonamides is 1. The molecule has 0 radical (unpaired) electrons. The third kappa shape index (κ3) is 4.91. The van der Waals surface area contributed by atoms with Gasteiger partial charge >= 0.3 is 0 Å². The zero-order valence-corrected chi connectivity index (χ0v) is 16.0. The minimum Gasteiger partial charge on any atom is -0.383 e. The van der Waals surface area contributed by atoms with Crippen molar-refractivity contribution in [2.24, 2.45) is 0 Å². The zero-order valence-electron chi connectivity index (χ0n) is 15.2. The fourth-order valence-electron chi connectivity index (χ4n) is 2.55. The number of amides is 1. The number of carbonyl (C=O) groups excluding carboxylic acids is 1. The molecule has 0 fully saturated rings. The first-order valence-corrected chi connectivity index (χ1v) is 9.86. The molecule has 140 valence electrons. The second-order valence-electron chi connectivity index (χ2n) is 5.84.